The Kier molecular flexibility index (Phi) is 3.24. The molecule has 0 aromatic heterocycles. The first kappa shape index (κ1) is 13.5. The minimum Gasteiger partial charge on any atom is -0.465 e. The lowest BCUT2D eigenvalue weighted by Gasteiger charge is -2.27. The van der Waals surface area contributed by atoms with Crippen LogP contribution < -0.4 is 0 Å². The SMILES string of the molecule is O=C(O)N1CC=C(c2ccc3c(c2)CCS3(O)O)CC1. The van der Waals surface area contributed by atoms with E-state index in [9.17, 15) is 13.9 Å². The van der Waals surface area contributed by atoms with Crippen molar-refractivity contribution in [2.45, 2.75) is 17.7 Å². The number of amides is 1. The topological polar surface area (TPSA) is 81.0 Å². The van der Waals surface area contributed by atoms with Crippen LogP contribution in [0.25, 0.3) is 5.57 Å². The maximum Gasteiger partial charge on any atom is 0.407 e. The van der Waals surface area contributed by atoms with Crippen LogP contribution in [-0.2, 0) is 6.42 Å². The average molecular weight is 295 g/mol. The highest BCUT2D eigenvalue weighted by atomic mass is 32.3. The van der Waals surface area contributed by atoms with Gasteiger partial charge in [0.1, 0.15) is 0 Å². The van der Waals surface area contributed by atoms with Crippen molar-refractivity contribution in [1.82, 2.24) is 4.90 Å². The minimum absolute atomic E-state index is 0.414. The van der Waals surface area contributed by atoms with Crippen LogP contribution in [0.4, 0.5) is 4.79 Å². The van der Waals surface area contributed by atoms with Crippen molar-refractivity contribution < 1.29 is 19.0 Å². The van der Waals surface area contributed by atoms with Gasteiger partial charge in [-0.3, -0.25) is 9.11 Å². The second-order valence-electron chi connectivity index (χ2n) is 5.15. The molecule has 0 radical (unpaired) electrons. The van der Waals surface area contributed by atoms with E-state index in [0.29, 0.717) is 36.6 Å². The van der Waals surface area contributed by atoms with Gasteiger partial charge in [0.2, 0.25) is 0 Å². The summed E-state index contributed by atoms with van der Waals surface area (Å²) in [4.78, 5) is 12.9. The lowest BCUT2D eigenvalue weighted by molar-refractivity contribution is 0.150. The van der Waals surface area contributed by atoms with E-state index in [0.717, 1.165) is 16.7 Å². The van der Waals surface area contributed by atoms with E-state index in [2.05, 4.69) is 0 Å². The van der Waals surface area contributed by atoms with Gasteiger partial charge in [-0.2, -0.15) is 10.6 Å². The molecule has 0 saturated carbocycles. The van der Waals surface area contributed by atoms with Gasteiger partial charge in [-0.15, -0.1) is 0 Å². The first-order chi connectivity index (χ1) is 9.47. The van der Waals surface area contributed by atoms with E-state index in [1.54, 1.807) is 6.07 Å². The Morgan fingerprint density at radius 2 is 2.05 bits per heavy atom. The Morgan fingerprint density at radius 3 is 2.70 bits per heavy atom. The number of aryl methyl sites for hydroxylation is 1. The van der Waals surface area contributed by atoms with Gasteiger partial charge in [-0.1, -0.05) is 12.1 Å². The summed E-state index contributed by atoms with van der Waals surface area (Å²) in [6.07, 6.45) is 2.44. The second-order valence-corrected chi connectivity index (χ2v) is 7.33. The molecule has 1 aromatic carbocycles. The molecule has 0 spiro atoms. The van der Waals surface area contributed by atoms with Crippen LogP contribution in [0.3, 0.4) is 0 Å². The zero-order valence-electron chi connectivity index (χ0n) is 11.0. The molecule has 0 aliphatic carbocycles. The van der Waals surface area contributed by atoms with Crippen molar-refractivity contribution >= 4 is 22.3 Å². The zero-order valence-corrected chi connectivity index (χ0v) is 11.8. The van der Waals surface area contributed by atoms with Crippen molar-refractivity contribution in [3.63, 3.8) is 0 Å². The summed E-state index contributed by atoms with van der Waals surface area (Å²) in [5.41, 5.74) is 3.20. The Bertz CT molecular complexity index is 597. The maximum atomic E-state index is 10.9. The molecule has 2 aliphatic heterocycles. The molecule has 5 nitrogen and oxygen atoms in total. The van der Waals surface area contributed by atoms with E-state index in [1.807, 2.05) is 18.2 Å². The van der Waals surface area contributed by atoms with Crippen LogP contribution >= 0.6 is 10.6 Å². The first-order valence-corrected chi connectivity index (χ1v) is 8.25. The molecule has 0 unspecified atom stereocenters. The van der Waals surface area contributed by atoms with Crippen molar-refractivity contribution in [3.05, 3.63) is 35.4 Å². The number of carbonyl (C=O) groups is 1. The predicted octanol–water partition coefficient (Wildman–Crippen LogP) is 3.12. The smallest absolute Gasteiger partial charge is 0.407 e. The fourth-order valence-corrected chi connectivity index (χ4v) is 4.35. The summed E-state index contributed by atoms with van der Waals surface area (Å²) >= 11 is 0. The maximum absolute atomic E-state index is 10.9. The molecule has 20 heavy (non-hydrogen) atoms. The molecule has 0 saturated heterocycles. The molecule has 1 aromatic rings. The standard InChI is InChI=1S/C14H17NO4S/c16-14(17)15-6-3-10(4-7-15)11-1-2-13-12(9-11)5-8-20(13,18)19/h1-3,9,18-19H,4-8H2,(H,16,17). The first-order valence-electron chi connectivity index (χ1n) is 6.53. The fourth-order valence-electron chi connectivity index (χ4n) is 2.76. The number of fused-ring (bicyclic) bond motifs is 1. The van der Waals surface area contributed by atoms with Crippen molar-refractivity contribution in [1.29, 1.82) is 0 Å². The van der Waals surface area contributed by atoms with Gasteiger partial charge in [0.05, 0.1) is 4.90 Å². The quantitative estimate of drug-likeness (QED) is 0.743. The van der Waals surface area contributed by atoms with E-state index in [-0.39, 0.29) is 0 Å². The summed E-state index contributed by atoms with van der Waals surface area (Å²) in [5.74, 6) is 0.414. The number of nitrogens with zero attached hydrogens (tertiary/aromatic N) is 1. The molecule has 2 aliphatic rings. The van der Waals surface area contributed by atoms with Crippen molar-refractivity contribution in [2.24, 2.45) is 0 Å². The third kappa shape index (κ3) is 2.30. The summed E-state index contributed by atoms with van der Waals surface area (Å²) in [5, 5.41) is 8.92. The minimum atomic E-state index is -2.58. The van der Waals surface area contributed by atoms with Gasteiger partial charge in [-0.25, -0.2) is 4.79 Å². The number of benzene rings is 1. The van der Waals surface area contributed by atoms with E-state index >= 15 is 0 Å². The Hall–Kier alpha value is -1.50. The predicted molar refractivity (Wildman–Crippen MR) is 78.3 cm³/mol. The summed E-state index contributed by atoms with van der Waals surface area (Å²) in [6.45, 7) is 0.921. The average Bonchev–Trinajstić information content (AvgIpc) is 2.74. The molecular weight excluding hydrogens is 278 g/mol. The Balaban J connectivity index is 1.85. The highest BCUT2D eigenvalue weighted by molar-refractivity contribution is 8.24. The summed E-state index contributed by atoms with van der Waals surface area (Å²) in [7, 11) is -2.58. The van der Waals surface area contributed by atoms with Gasteiger partial charge in [0.15, 0.2) is 0 Å². The third-order valence-electron chi connectivity index (χ3n) is 3.92. The lowest BCUT2D eigenvalue weighted by atomic mass is 9.97. The van der Waals surface area contributed by atoms with E-state index in [1.165, 1.54) is 4.90 Å². The Morgan fingerprint density at radius 1 is 1.25 bits per heavy atom. The molecule has 1 amide bonds. The van der Waals surface area contributed by atoms with Crippen LogP contribution in [0.15, 0.2) is 29.2 Å². The monoisotopic (exact) mass is 295 g/mol. The molecule has 108 valence electrons. The van der Waals surface area contributed by atoms with Crippen molar-refractivity contribution in [2.75, 3.05) is 18.8 Å². The van der Waals surface area contributed by atoms with Gasteiger partial charge < -0.3 is 10.0 Å². The van der Waals surface area contributed by atoms with Crippen LogP contribution in [0.1, 0.15) is 17.5 Å². The van der Waals surface area contributed by atoms with Crippen LogP contribution in [0.2, 0.25) is 0 Å². The number of hydrogen-bond acceptors (Lipinski definition) is 3. The fraction of sp³-hybridized carbons (Fsp3) is 0.357. The zero-order chi connectivity index (χ0) is 14.3. The number of hydrogen-bond donors (Lipinski definition) is 3. The molecule has 0 fully saturated rings. The summed E-state index contributed by atoms with van der Waals surface area (Å²) < 4.78 is 19.8. The summed E-state index contributed by atoms with van der Waals surface area (Å²) in [6, 6.07) is 5.72. The van der Waals surface area contributed by atoms with Crippen molar-refractivity contribution in [3.8, 4) is 0 Å². The molecule has 0 atom stereocenters. The lowest BCUT2D eigenvalue weighted by Crippen LogP contribution is -2.33. The Labute approximate surface area is 118 Å². The number of rotatable bonds is 1. The molecule has 2 heterocycles. The third-order valence-corrected chi connectivity index (χ3v) is 5.80. The van der Waals surface area contributed by atoms with Crippen LogP contribution in [0, 0.1) is 0 Å². The van der Waals surface area contributed by atoms with Gasteiger partial charge in [0, 0.05) is 18.8 Å². The van der Waals surface area contributed by atoms with Crippen LogP contribution in [-0.4, -0.2) is 44.0 Å². The molecule has 0 bridgehead atoms. The highest BCUT2D eigenvalue weighted by Crippen LogP contribution is 2.55. The van der Waals surface area contributed by atoms with Gasteiger partial charge in [-0.05, 0) is 41.7 Å². The molecule has 6 heteroatoms. The largest absolute Gasteiger partial charge is 0.465 e. The molecule has 3 N–H and O–H groups in total. The highest BCUT2D eigenvalue weighted by Gasteiger charge is 2.27. The number of carboxylic acid groups (broad SMARTS) is 1. The normalized spacial score (nSPS) is 22.1. The van der Waals surface area contributed by atoms with E-state index < -0.39 is 16.7 Å². The van der Waals surface area contributed by atoms with E-state index in [4.69, 9.17) is 5.11 Å². The second kappa shape index (κ2) is 4.80. The van der Waals surface area contributed by atoms with Gasteiger partial charge in [0.25, 0.3) is 0 Å². The van der Waals surface area contributed by atoms with Gasteiger partial charge >= 0.3 is 6.09 Å². The molecular formula is C14H17NO4S. The molecule has 3 rings (SSSR count). The van der Waals surface area contributed by atoms with Crippen LogP contribution in [0.5, 0.6) is 0 Å².